The number of carbonyl (C=O) groups excluding carboxylic acids is 2. The summed E-state index contributed by atoms with van der Waals surface area (Å²) in [5, 5.41) is 2.58. The molecule has 1 aromatic rings. The molecule has 0 spiro atoms. The summed E-state index contributed by atoms with van der Waals surface area (Å²) >= 11 is 0. The van der Waals surface area contributed by atoms with E-state index < -0.39 is 53.4 Å². The van der Waals surface area contributed by atoms with Gasteiger partial charge in [0.15, 0.2) is 23.2 Å². The lowest BCUT2D eigenvalue weighted by Crippen LogP contribution is -2.37. The molecule has 1 aliphatic rings. The van der Waals surface area contributed by atoms with E-state index in [2.05, 4.69) is 10.1 Å². The van der Waals surface area contributed by atoms with Crippen molar-refractivity contribution in [3.63, 3.8) is 0 Å². The van der Waals surface area contributed by atoms with Crippen molar-refractivity contribution in [3.8, 4) is 5.75 Å². The van der Waals surface area contributed by atoms with Gasteiger partial charge in [0, 0.05) is 18.5 Å². The zero-order valence-corrected chi connectivity index (χ0v) is 13.1. The predicted molar refractivity (Wildman–Crippen MR) is 77.7 cm³/mol. The Morgan fingerprint density at radius 2 is 1.88 bits per heavy atom. The van der Waals surface area contributed by atoms with Gasteiger partial charge in [-0.2, -0.15) is 8.78 Å². The summed E-state index contributed by atoms with van der Waals surface area (Å²) in [7, 11) is 0. The smallest absolute Gasteiger partial charge is 0.223 e. The van der Waals surface area contributed by atoms with Crippen molar-refractivity contribution in [1.29, 1.82) is 0 Å². The van der Waals surface area contributed by atoms with Gasteiger partial charge >= 0.3 is 0 Å². The maximum atomic E-state index is 13.4. The van der Waals surface area contributed by atoms with Crippen molar-refractivity contribution in [2.24, 2.45) is 11.7 Å². The van der Waals surface area contributed by atoms with Gasteiger partial charge in [0.25, 0.3) is 0 Å². The Morgan fingerprint density at radius 3 is 2.38 bits per heavy atom. The van der Waals surface area contributed by atoms with Gasteiger partial charge in [-0.25, -0.2) is 8.78 Å². The molecule has 10 heteroatoms. The summed E-state index contributed by atoms with van der Waals surface area (Å²) in [6.07, 6.45) is 0.579. The number of Topliss-reactive ketones (excluding diaryl/α,β-unsaturated/α-hetero) is 1. The highest BCUT2D eigenvalue weighted by molar-refractivity contribution is 5.87. The molecule has 24 heavy (non-hydrogen) atoms. The summed E-state index contributed by atoms with van der Waals surface area (Å²) in [6, 6.07) is -1.06. The average Bonchev–Trinajstić information content (AvgIpc) is 2.90. The number of hydrogen-bond acceptors (Lipinski definition) is 4. The number of hydrogen-bond donors (Lipinski definition) is 2. The second-order valence-electron chi connectivity index (χ2n) is 5.17. The van der Waals surface area contributed by atoms with Crippen LogP contribution in [0.3, 0.4) is 0 Å². The number of carbonyl (C=O) groups is 2. The number of nitrogens with one attached hydrogen (secondary N) is 1. The minimum Gasteiger partial charge on any atom is -0.479 e. The van der Waals surface area contributed by atoms with Crippen molar-refractivity contribution in [2.45, 2.75) is 18.9 Å². The van der Waals surface area contributed by atoms with E-state index in [1.54, 1.807) is 0 Å². The zero-order chi connectivity index (χ0) is 17.1. The molecule has 0 bridgehead atoms. The third-order valence-electron chi connectivity index (χ3n) is 3.55. The monoisotopic (exact) mass is 370 g/mol. The Morgan fingerprint density at radius 1 is 1.29 bits per heavy atom. The van der Waals surface area contributed by atoms with Crippen LogP contribution in [-0.4, -0.2) is 30.9 Å². The Balaban J connectivity index is 0.00000288. The van der Waals surface area contributed by atoms with Crippen LogP contribution in [0.15, 0.2) is 6.07 Å². The molecule has 1 heterocycles. The van der Waals surface area contributed by atoms with Crippen molar-refractivity contribution in [2.75, 3.05) is 13.2 Å². The molecule has 0 aromatic heterocycles. The minimum atomic E-state index is -1.74. The van der Waals surface area contributed by atoms with Gasteiger partial charge in [-0.1, -0.05) is 0 Å². The second kappa shape index (κ2) is 8.29. The number of ether oxygens (including phenoxy) is 1. The fraction of sp³-hybridized carbons (Fsp3) is 0.429. The molecular formula is C14H15ClF4N2O3. The Kier molecular flexibility index (Phi) is 6.97. The van der Waals surface area contributed by atoms with E-state index >= 15 is 0 Å². The first-order valence-corrected chi connectivity index (χ1v) is 6.83. The van der Waals surface area contributed by atoms with Crippen molar-refractivity contribution < 1.29 is 31.9 Å². The first kappa shape index (κ1) is 20.2. The average molecular weight is 371 g/mol. The first-order chi connectivity index (χ1) is 10.8. The molecule has 1 saturated heterocycles. The number of benzene rings is 1. The SMILES string of the molecule is Cl.NC(CC1CCNC1=O)C(=O)COc1c(F)c(F)cc(F)c1F. The molecule has 0 aliphatic carbocycles. The van der Waals surface area contributed by atoms with E-state index in [-0.39, 0.29) is 30.8 Å². The lowest BCUT2D eigenvalue weighted by Gasteiger charge is -2.15. The maximum Gasteiger partial charge on any atom is 0.223 e. The van der Waals surface area contributed by atoms with E-state index in [9.17, 15) is 27.2 Å². The molecule has 3 N–H and O–H groups in total. The summed E-state index contributed by atoms with van der Waals surface area (Å²) in [5.74, 6) is -9.46. The van der Waals surface area contributed by atoms with Gasteiger partial charge in [0.2, 0.25) is 17.5 Å². The van der Waals surface area contributed by atoms with E-state index in [4.69, 9.17) is 5.73 Å². The van der Waals surface area contributed by atoms with Crippen LogP contribution < -0.4 is 15.8 Å². The van der Waals surface area contributed by atoms with Crippen molar-refractivity contribution >= 4 is 24.1 Å². The van der Waals surface area contributed by atoms with E-state index in [1.807, 2.05) is 0 Å². The highest BCUT2D eigenvalue weighted by Crippen LogP contribution is 2.26. The molecule has 1 aromatic carbocycles. The molecule has 2 unspecified atom stereocenters. The fourth-order valence-corrected chi connectivity index (χ4v) is 2.24. The summed E-state index contributed by atoms with van der Waals surface area (Å²) in [6.45, 7) is -0.383. The van der Waals surface area contributed by atoms with Gasteiger partial charge in [0.05, 0.1) is 6.04 Å². The number of rotatable bonds is 6. The quantitative estimate of drug-likeness (QED) is 0.587. The number of ketones is 1. The van der Waals surface area contributed by atoms with Gasteiger partial charge in [-0.15, -0.1) is 12.4 Å². The highest BCUT2D eigenvalue weighted by atomic mass is 35.5. The molecule has 2 atom stereocenters. The number of amides is 1. The predicted octanol–water partition coefficient (Wildman–Crippen LogP) is 1.47. The largest absolute Gasteiger partial charge is 0.479 e. The third-order valence-corrected chi connectivity index (χ3v) is 3.55. The number of halogens is 5. The summed E-state index contributed by atoms with van der Waals surface area (Å²) in [5.41, 5.74) is 5.61. The van der Waals surface area contributed by atoms with Crippen LogP contribution in [0.25, 0.3) is 0 Å². The molecule has 134 valence electrons. The molecule has 2 rings (SSSR count). The van der Waals surface area contributed by atoms with Gasteiger partial charge < -0.3 is 15.8 Å². The van der Waals surface area contributed by atoms with Crippen LogP contribution in [-0.2, 0) is 9.59 Å². The fourth-order valence-electron chi connectivity index (χ4n) is 2.24. The van der Waals surface area contributed by atoms with Crippen LogP contribution in [0.5, 0.6) is 5.75 Å². The first-order valence-electron chi connectivity index (χ1n) is 6.83. The molecule has 1 fully saturated rings. The standard InChI is InChI=1S/C14H14F4N2O3.ClH/c15-7-4-8(16)12(18)13(11(7)17)23-5-10(21)9(19)3-6-1-2-20-14(6)22;/h4,6,9H,1-3,5,19H2,(H,20,22);1H. The van der Waals surface area contributed by atoms with Gasteiger partial charge in [0.1, 0.15) is 6.61 Å². The second-order valence-corrected chi connectivity index (χ2v) is 5.17. The van der Waals surface area contributed by atoms with Crippen LogP contribution in [0, 0.1) is 29.2 Å². The maximum absolute atomic E-state index is 13.4. The van der Waals surface area contributed by atoms with Gasteiger partial charge in [-0.3, -0.25) is 9.59 Å². The van der Waals surface area contributed by atoms with Crippen LogP contribution in [0.4, 0.5) is 17.6 Å². The van der Waals surface area contributed by atoms with Crippen LogP contribution in [0.2, 0.25) is 0 Å². The molecule has 0 saturated carbocycles. The summed E-state index contributed by atoms with van der Waals surface area (Å²) in [4.78, 5) is 23.2. The Bertz CT molecular complexity index is 619. The lowest BCUT2D eigenvalue weighted by molar-refractivity contribution is -0.124. The minimum absolute atomic E-state index is 0. The van der Waals surface area contributed by atoms with Crippen LogP contribution in [0.1, 0.15) is 12.8 Å². The molecule has 1 amide bonds. The van der Waals surface area contributed by atoms with E-state index in [0.29, 0.717) is 13.0 Å². The molecule has 5 nitrogen and oxygen atoms in total. The lowest BCUT2D eigenvalue weighted by atomic mass is 9.97. The third kappa shape index (κ3) is 4.35. The Labute approximate surface area is 140 Å². The summed E-state index contributed by atoms with van der Waals surface area (Å²) < 4.78 is 57.3. The van der Waals surface area contributed by atoms with Crippen molar-refractivity contribution in [3.05, 3.63) is 29.3 Å². The normalized spacial score (nSPS) is 17.9. The molecule has 1 aliphatic heterocycles. The molecular weight excluding hydrogens is 356 g/mol. The topological polar surface area (TPSA) is 81.4 Å². The van der Waals surface area contributed by atoms with Gasteiger partial charge in [-0.05, 0) is 12.8 Å². The van der Waals surface area contributed by atoms with Crippen molar-refractivity contribution in [1.82, 2.24) is 5.32 Å². The molecule has 0 radical (unpaired) electrons. The Hall–Kier alpha value is -1.87. The number of nitrogens with two attached hydrogens (primary N) is 1. The van der Waals surface area contributed by atoms with E-state index in [0.717, 1.165) is 0 Å². The zero-order valence-electron chi connectivity index (χ0n) is 12.3. The highest BCUT2D eigenvalue weighted by Gasteiger charge is 2.29. The van der Waals surface area contributed by atoms with E-state index in [1.165, 1.54) is 0 Å². The van der Waals surface area contributed by atoms with Crippen LogP contribution >= 0.6 is 12.4 Å².